The molecule has 106 valence electrons. The number of H-pyrrole nitrogens is 1. The highest BCUT2D eigenvalue weighted by atomic mass is 16.6. The number of aromatic nitrogens is 3. The Labute approximate surface area is 119 Å². The minimum absolute atomic E-state index is 0.0338. The summed E-state index contributed by atoms with van der Waals surface area (Å²) < 4.78 is 0. The molecule has 0 atom stereocenters. The van der Waals surface area contributed by atoms with Gasteiger partial charge in [-0.05, 0) is 12.1 Å². The van der Waals surface area contributed by atoms with Gasteiger partial charge in [0.2, 0.25) is 0 Å². The maximum atomic E-state index is 11.0. The number of benzene rings is 1. The normalized spacial score (nSPS) is 10.7. The van der Waals surface area contributed by atoms with E-state index in [1.165, 1.54) is 12.3 Å². The van der Waals surface area contributed by atoms with Crippen LogP contribution in [0.4, 0.5) is 17.2 Å². The van der Waals surface area contributed by atoms with Crippen molar-refractivity contribution >= 4 is 28.0 Å². The Bertz CT molecular complexity index is 813. The van der Waals surface area contributed by atoms with Crippen molar-refractivity contribution < 1.29 is 4.92 Å². The number of nitrogens with zero attached hydrogens (tertiary/aromatic N) is 3. The largest absolute Gasteiger partial charge is 0.384 e. The van der Waals surface area contributed by atoms with E-state index >= 15 is 0 Å². The van der Waals surface area contributed by atoms with Gasteiger partial charge in [-0.1, -0.05) is 0 Å². The number of nitro groups is 1. The highest BCUT2D eigenvalue weighted by molar-refractivity contribution is 5.99. The number of pyridine rings is 1. The van der Waals surface area contributed by atoms with Gasteiger partial charge in [-0.15, -0.1) is 0 Å². The van der Waals surface area contributed by atoms with E-state index in [-0.39, 0.29) is 5.69 Å². The molecular weight excluding hydrogens is 272 g/mol. The van der Waals surface area contributed by atoms with E-state index in [9.17, 15) is 10.1 Å². The molecule has 4 N–H and O–H groups in total. The summed E-state index contributed by atoms with van der Waals surface area (Å²) in [6.07, 6.45) is 4.73. The molecule has 0 aliphatic carbocycles. The fourth-order valence-electron chi connectivity index (χ4n) is 2.14. The first-order chi connectivity index (χ1) is 10.2. The Balaban J connectivity index is 1.98. The second-order valence-electron chi connectivity index (χ2n) is 4.47. The lowest BCUT2D eigenvalue weighted by molar-refractivity contribution is -0.383. The summed E-state index contributed by atoms with van der Waals surface area (Å²) in [6.45, 7) is 0.470. The van der Waals surface area contributed by atoms with Crippen LogP contribution < -0.4 is 11.1 Å². The van der Waals surface area contributed by atoms with Gasteiger partial charge in [0.25, 0.3) is 5.69 Å². The summed E-state index contributed by atoms with van der Waals surface area (Å²) in [6, 6.07) is 4.88. The summed E-state index contributed by atoms with van der Waals surface area (Å²) in [4.78, 5) is 14.6. The van der Waals surface area contributed by atoms with Gasteiger partial charge in [0.05, 0.1) is 16.5 Å². The van der Waals surface area contributed by atoms with Gasteiger partial charge in [-0.25, -0.2) is 0 Å². The molecule has 2 aromatic heterocycles. The van der Waals surface area contributed by atoms with Crippen molar-refractivity contribution in [2.45, 2.75) is 6.54 Å². The van der Waals surface area contributed by atoms with Crippen molar-refractivity contribution in [3.05, 3.63) is 52.5 Å². The van der Waals surface area contributed by atoms with Gasteiger partial charge in [-0.3, -0.25) is 20.2 Å². The van der Waals surface area contributed by atoms with Gasteiger partial charge in [0, 0.05) is 41.6 Å². The summed E-state index contributed by atoms with van der Waals surface area (Å²) in [5.74, 6) is 0.496. The van der Waals surface area contributed by atoms with Crippen molar-refractivity contribution in [2.75, 3.05) is 11.1 Å². The molecule has 8 nitrogen and oxygen atoms in total. The summed E-state index contributed by atoms with van der Waals surface area (Å²) in [5.41, 5.74) is 7.36. The van der Waals surface area contributed by atoms with Crippen LogP contribution in [0.5, 0.6) is 0 Å². The van der Waals surface area contributed by atoms with Gasteiger partial charge < -0.3 is 11.1 Å². The lowest BCUT2D eigenvalue weighted by atomic mass is 10.1. The number of hydrogen-bond donors (Lipinski definition) is 3. The van der Waals surface area contributed by atoms with Gasteiger partial charge >= 0.3 is 0 Å². The van der Waals surface area contributed by atoms with Crippen LogP contribution in [0.2, 0.25) is 0 Å². The zero-order valence-electron chi connectivity index (χ0n) is 10.9. The maximum Gasteiger partial charge on any atom is 0.278 e. The van der Waals surface area contributed by atoms with Crippen LogP contribution in [-0.2, 0) is 6.54 Å². The zero-order valence-corrected chi connectivity index (χ0v) is 10.9. The van der Waals surface area contributed by atoms with Crippen molar-refractivity contribution in [3.63, 3.8) is 0 Å². The number of nitrogens with two attached hydrogens (primary N) is 1. The Morgan fingerprint density at radius 3 is 2.86 bits per heavy atom. The molecule has 3 rings (SSSR count). The molecule has 0 radical (unpaired) electrons. The molecular formula is C13H12N6O2. The second kappa shape index (κ2) is 5.08. The van der Waals surface area contributed by atoms with Crippen molar-refractivity contribution in [1.82, 2.24) is 15.2 Å². The molecule has 1 aromatic carbocycles. The van der Waals surface area contributed by atoms with Gasteiger partial charge in [0.1, 0.15) is 5.82 Å². The van der Waals surface area contributed by atoms with E-state index in [1.807, 2.05) is 0 Å². The average Bonchev–Trinajstić information content (AvgIpc) is 2.89. The molecule has 0 spiro atoms. The smallest absolute Gasteiger partial charge is 0.278 e. The van der Waals surface area contributed by atoms with E-state index in [0.29, 0.717) is 17.7 Å². The lowest BCUT2D eigenvalue weighted by Gasteiger charge is -2.09. The molecule has 0 aliphatic rings. The number of rotatable bonds is 4. The van der Waals surface area contributed by atoms with E-state index < -0.39 is 4.92 Å². The molecule has 0 amide bonds. The van der Waals surface area contributed by atoms with E-state index in [2.05, 4.69) is 20.5 Å². The molecule has 0 fully saturated rings. The monoisotopic (exact) mass is 284 g/mol. The highest BCUT2D eigenvalue weighted by Crippen LogP contribution is 2.31. The first kappa shape index (κ1) is 12.9. The molecule has 2 heterocycles. The topological polar surface area (TPSA) is 123 Å². The average molecular weight is 284 g/mol. The number of non-ortho nitro benzene ring substituents is 1. The molecule has 8 heteroatoms. The number of nitrogens with one attached hydrogen (secondary N) is 2. The Morgan fingerprint density at radius 1 is 1.29 bits per heavy atom. The van der Waals surface area contributed by atoms with Gasteiger partial charge in [0.15, 0.2) is 0 Å². The van der Waals surface area contributed by atoms with Crippen LogP contribution in [0.25, 0.3) is 10.8 Å². The minimum atomic E-state index is -0.415. The van der Waals surface area contributed by atoms with Crippen LogP contribution in [0.15, 0.2) is 36.8 Å². The number of anilines is 2. The van der Waals surface area contributed by atoms with Gasteiger partial charge in [-0.2, -0.15) is 5.10 Å². The molecule has 3 aromatic rings. The summed E-state index contributed by atoms with van der Waals surface area (Å²) in [7, 11) is 0. The fraction of sp³-hybridized carbons (Fsp3) is 0.0769. The minimum Gasteiger partial charge on any atom is -0.384 e. The molecule has 0 saturated carbocycles. The first-order valence-electron chi connectivity index (χ1n) is 6.19. The van der Waals surface area contributed by atoms with Crippen molar-refractivity contribution in [3.8, 4) is 0 Å². The number of fused-ring (bicyclic) bond motifs is 1. The van der Waals surface area contributed by atoms with Crippen molar-refractivity contribution in [1.29, 1.82) is 0 Å². The van der Waals surface area contributed by atoms with Crippen LogP contribution in [0.1, 0.15) is 5.56 Å². The van der Waals surface area contributed by atoms with E-state index in [1.54, 1.807) is 24.5 Å². The Hall–Kier alpha value is -3.16. The predicted octanol–water partition coefficient (Wildman–Crippen LogP) is 2.06. The molecule has 21 heavy (non-hydrogen) atoms. The van der Waals surface area contributed by atoms with Crippen LogP contribution in [-0.4, -0.2) is 20.1 Å². The van der Waals surface area contributed by atoms with Crippen LogP contribution >= 0.6 is 0 Å². The van der Waals surface area contributed by atoms with Crippen LogP contribution in [0.3, 0.4) is 0 Å². The first-order valence-corrected chi connectivity index (χ1v) is 6.19. The second-order valence-corrected chi connectivity index (χ2v) is 4.47. The molecule has 0 aliphatic heterocycles. The number of nitrogen functional groups attached to an aromatic ring is 1. The third-order valence-corrected chi connectivity index (χ3v) is 3.21. The zero-order chi connectivity index (χ0) is 14.8. The Morgan fingerprint density at radius 2 is 2.14 bits per heavy atom. The summed E-state index contributed by atoms with van der Waals surface area (Å²) >= 11 is 0. The number of nitro benzene ring substituents is 1. The quantitative estimate of drug-likeness (QED) is 0.497. The van der Waals surface area contributed by atoms with E-state index in [0.717, 1.165) is 16.6 Å². The third-order valence-electron chi connectivity index (χ3n) is 3.21. The predicted molar refractivity (Wildman–Crippen MR) is 78.7 cm³/mol. The fourth-order valence-corrected chi connectivity index (χ4v) is 2.14. The van der Waals surface area contributed by atoms with E-state index in [4.69, 9.17) is 5.73 Å². The number of aromatic amines is 1. The Kier molecular flexibility index (Phi) is 3.11. The lowest BCUT2D eigenvalue weighted by Crippen LogP contribution is -2.02. The standard InChI is InChI=1S/C13H12N6O2/c14-13-8(6-17-18-13)5-16-11-1-2-12(19(20)21)10-7-15-4-3-9(10)11/h1-4,6-7,16H,5H2,(H3,14,17,18). The molecule has 0 bridgehead atoms. The molecule has 0 saturated heterocycles. The number of hydrogen-bond acceptors (Lipinski definition) is 6. The van der Waals surface area contributed by atoms with Crippen molar-refractivity contribution in [2.24, 2.45) is 0 Å². The SMILES string of the molecule is Nc1[nH]ncc1CNc1ccc([N+](=O)[O-])c2cnccc12. The summed E-state index contributed by atoms with van der Waals surface area (Å²) in [5, 5.41) is 22.0. The van der Waals surface area contributed by atoms with Crippen LogP contribution in [0, 0.1) is 10.1 Å². The highest BCUT2D eigenvalue weighted by Gasteiger charge is 2.14. The molecule has 0 unspecified atom stereocenters. The third kappa shape index (κ3) is 2.34. The maximum absolute atomic E-state index is 11.0.